The third-order valence-electron chi connectivity index (χ3n) is 4.87. The van der Waals surface area contributed by atoms with Crippen LogP contribution in [0.25, 0.3) is 11.8 Å². The third-order valence-corrected chi connectivity index (χ3v) is 4.87. The summed E-state index contributed by atoms with van der Waals surface area (Å²) < 4.78 is 0. The first-order valence-electron chi connectivity index (χ1n) is 8.13. The molecule has 2 aliphatic heterocycles. The van der Waals surface area contributed by atoms with Crippen molar-refractivity contribution in [3.05, 3.63) is 107 Å². The van der Waals surface area contributed by atoms with E-state index >= 15 is 0 Å². The van der Waals surface area contributed by atoms with Crippen LogP contribution in [0.5, 0.6) is 0 Å². The molecule has 114 valence electrons. The molecule has 1 amide bonds. The highest BCUT2D eigenvalue weighted by Gasteiger charge is 2.40. The minimum atomic E-state index is -0.0812. The Morgan fingerprint density at radius 1 is 0.708 bits per heavy atom. The predicted molar refractivity (Wildman–Crippen MR) is 95.2 cm³/mol. The van der Waals surface area contributed by atoms with Crippen molar-refractivity contribution in [3.63, 3.8) is 0 Å². The van der Waals surface area contributed by atoms with Gasteiger partial charge in [-0.2, -0.15) is 0 Å². The lowest BCUT2D eigenvalue weighted by molar-refractivity contribution is 0.0820. The van der Waals surface area contributed by atoms with Crippen molar-refractivity contribution in [1.82, 2.24) is 4.90 Å². The average Bonchev–Trinajstić information content (AvgIpc) is 2.93. The number of nitrogens with zero attached hydrogens (tertiary/aromatic N) is 1. The van der Waals surface area contributed by atoms with Crippen molar-refractivity contribution in [2.24, 2.45) is 0 Å². The minimum absolute atomic E-state index is 0.0812. The van der Waals surface area contributed by atoms with Crippen LogP contribution >= 0.6 is 0 Å². The molecule has 2 heterocycles. The second kappa shape index (κ2) is 4.93. The van der Waals surface area contributed by atoms with Crippen LogP contribution in [-0.4, -0.2) is 10.8 Å². The molecule has 0 fully saturated rings. The topological polar surface area (TPSA) is 20.3 Å². The van der Waals surface area contributed by atoms with E-state index < -0.39 is 0 Å². The molecule has 0 spiro atoms. The molecule has 2 nitrogen and oxygen atoms in total. The second-order valence-electron chi connectivity index (χ2n) is 6.19. The van der Waals surface area contributed by atoms with Crippen LogP contribution in [0.4, 0.5) is 0 Å². The molecule has 0 saturated carbocycles. The van der Waals surface area contributed by atoms with Crippen molar-refractivity contribution in [3.8, 4) is 0 Å². The smallest absolute Gasteiger partial charge is 0.259 e. The quantitative estimate of drug-likeness (QED) is 0.635. The van der Waals surface area contributed by atoms with E-state index in [1.807, 2.05) is 53.4 Å². The van der Waals surface area contributed by atoms with E-state index in [-0.39, 0.29) is 11.9 Å². The molecule has 2 heteroatoms. The number of fused-ring (bicyclic) bond motifs is 4. The molecule has 0 N–H and O–H groups in total. The molecule has 0 aromatic heterocycles. The number of carbonyl (C=O) groups excluding carboxylic acids is 1. The molecule has 1 unspecified atom stereocenters. The van der Waals surface area contributed by atoms with Crippen molar-refractivity contribution in [1.29, 1.82) is 0 Å². The van der Waals surface area contributed by atoms with Crippen LogP contribution in [0.15, 0.2) is 78.9 Å². The molecule has 0 bridgehead atoms. The molecule has 5 rings (SSSR count). The summed E-state index contributed by atoms with van der Waals surface area (Å²) in [6.45, 7) is 0. The van der Waals surface area contributed by atoms with Crippen LogP contribution in [0.2, 0.25) is 0 Å². The summed E-state index contributed by atoms with van der Waals surface area (Å²) in [6.07, 6.45) is 2.14. The van der Waals surface area contributed by atoms with Crippen LogP contribution in [0, 0.1) is 0 Å². The van der Waals surface area contributed by atoms with Crippen LogP contribution in [0.1, 0.15) is 38.7 Å². The summed E-state index contributed by atoms with van der Waals surface area (Å²) in [5.41, 5.74) is 6.31. The van der Waals surface area contributed by atoms with E-state index in [1.165, 1.54) is 11.1 Å². The van der Waals surface area contributed by atoms with E-state index in [2.05, 4.69) is 36.4 Å². The first-order chi connectivity index (χ1) is 11.8. The summed E-state index contributed by atoms with van der Waals surface area (Å²) in [6, 6.07) is 26.4. The maximum Gasteiger partial charge on any atom is 0.259 e. The Morgan fingerprint density at radius 3 is 2.21 bits per heavy atom. The minimum Gasteiger partial charge on any atom is -0.296 e. The highest BCUT2D eigenvalue weighted by molar-refractivity contribution is 6.13. The molecule has 3 aromatic rings. The fourth-order valence-electron chi connectivity index (χ4n) is 3.81. The Balaban J connectivity index is 1.80. The van der Waals surface area contributed by atoms with Crippen molar-refractivity contribution >= 4 is 17.7 Å². The van der Waals surface area contributed by atoms with Gasteiger partial charge in [-0.3, -0.25) is 9.69 Å². The number of hydrogen-bond donors (Lipinski definition) is 0. The van der Waals surface area contributed by atoms with Gasteiger partial charge in [-0.25, -0.2) is 0 Å². The Kier molecular flexibility index (Phi) is 2.74. The van der Waals surface area contributed by atoms with Gasteiger partial charge in [0.05, 0.1) is 11.7 Å². The van der Waals surface area contributed by atoms with Crippen LogP contribution in [0.3, 0.4) is 0 Å². The fourth-order valence-corrected chi connectivity index (χ4v) is 3.81. The Morgan fingerprint density at radius 2 is 1.38 bits per heavy atom. The lowest BCUT2D eigenvalue weighted by Crippen LogP contribution is -2.31. The number of rotatable bonds is 1. The second-order valence-corrected chi connectivity index (χ2v) is 6.19. The van der Waals surface area contributed by atoms with Gasteiger partial charge in [-0.1, -0.05) is 72.8 Å². The third kappa shape index (κ3) is 1.74. The van der Waals surface area contributed by atoms with E-state index in [9.17, 15) is 4.79 Å². The van der Waals surface area contributed by atoms with Crippen molar-refractivity contribution in [2.75, 3.05) is 0 Å². The number of amides is 1. The Hall–Kier alpha value is -3.13. The monoisotopic (exact) mass is 309 g/mol. The SMILES string of the molecule is O=C1c2ccccc2C2=Cc3ccccc3C(c3ccccc3)N12. The van der Waals surface area contributed by atoms with Gasteiger partial charge in [-0.15, -0.1) is 0 Å². The average molecular weight is 309 g/mol. The Labute approximate surface area is 140 Å². The number of benzene rings is 3. The van der Waals surface area contributed by atoms with E-state index in [1.54, 1.807) is 0 Å². The van der Waals surface area contributed by atoms with Gasteiger partial charge in [0.2, 0.25) is 0 Å². The lowest BCUT2D eigenvalue weighted by Gasteiger charge is -2.34. The highest BCUT2D eigenvalue weighted by Crippen LogP contribution is 2.47. The van der Waals surface area contributed by atoms with E-state index in [0.29, 0.717) is 0 Å². The first kappa shape index (κ1) is 13.3. The Bertz CT molecular complexity index is 988. The standard InChI is InChI=1S/C22H15NO/c24-22-19-13-7-6-12-18(19)20-14-16-10-4-5-11-17(16)21(23(20)22)15-8-2-1-3-9-15/h1-14,21H. The van der Waals surface area contributed by atoms with Crippen molar-refractivity contribution < 1.29 is 4.79 Å². The van der Waals surface area contributed by atoms with Crippen LogP contribution in [-0.2, 0) is 0 Å². The molecule has 0 radical (unpaired) electrons. The molecule has 0 aliphatic carbocycles. The summed E-state index contributed by atoms with van der Waals surface area (Å²) in [7, 11) is 0. The summed E-state index contributed by atoms with van der Waals surface area (Å²) in [5.74, 6) is 0.0835. The molecular formula is C22H15NO. The lowest BCUT2D eigenvalue weighted by atomic mass is 9.89. The predicted octanol–water partition coefficient (Wildman–Crippen LogP) is 4.74. The number of carbonyl (C=O) groups is 1. The van der Waals surface area contributed by atoms with Gasteiger partial charge >= 0.3 is 0 Å². The van der Waals surface area contributed by atoms with E-state index in [0.717, 1.165) is 22.4 Å². The molecule has 0 saturated heterocycles. The highest BCUT2D eigenvalue weighted by atomic mass is 16.2. The maximum absolute atomic E-state index is 13.1. The largest absolute Gasteiger partial charge is 0.296 e. The van der Waals surface area contributed by atoms with Gasteiger partial charge in [0.15, 0.2) is 0 Å². The zero-order valence-corrected chi connectivity index (χ0v) is 13.0. The van der Waals surface area contributed by atoms with Gasteiger partial charge in [0, 0.05) is 11.1 Å². The molecule has 2 aliphatic rings. The maximum atomic E-state index is 13.1. The van der Waals surface area contributed by atoms with Gasteiger partial charge in [0.1, 0.15) is 0 Å². The zero-order valence-electron chi connectivity index (χ0n) is 13.0. The van der Waals surface area contributed by atoms with Gasteiger partial charge in [0.25, 0.3) is 5.91 Å². The molecular weight excluding hydrogens is 294 g/mol. The first-order valence-corrected chi connectivity index (χ1v) is 8.13. The summed E-state index contributed by atoms with van der Waals surface area (Å²) >= 11 is 0. The van der Waals surface area contributed by atoms with Crippen LogP contribution < -0.4 is 0 Å². The fraction of sp³-hybridized carbons (Fsp3) is 0.0455. The summed E-state index contributed by atoms with van der Waals surface area (Å²) in [5, 5.41) is 0. The summed E-state index contributed by atoms with van der Waals surface area (Å²) in [4.78, 5) is 15.1. The van der Waals surface area contributed by atoms with Gasteiger partial charge in [-0.05, 0) is 28.8 Å². The van der Waals surface area contributed by atoms with Gasteiger partial charge < -0.3 is 0 Å². The normalized spacial score (nSPS) is 17.8. The molecule has 24 heavy (non-hydrogen) atoms. The molecule has 3 aromatic carbocycles. The molecule has 1 atom stereocenters. The van der Waals surface area contributed by atoms with Crippen molar-refractivity contribution in [2.45, 2.75) is 6.04 Å². The zero-order chi connectivity index (χ0) is 16.1. The number of hydrogen-bond acceptors (Lipinski definition) is 1. The van der Waals surface area contributed by atoms with E-state index in [4.69, 9.17) is 0 Å².